The Morgan fingerprint density at radius 2 is 2.30 bits per heavy atom. The van der Waals surface area contributed by atoms with Crippen molar-refractivity contribution in [3.05, 3.63) is 18.2 Å². The fourth-order valence-corrected chi connectivity index (χ4v) is 0.821. The van der Waals surface area contributed by atoms with Gasteiger partial charge in [-0.3, -0.25) is 10.2 Å². The highest BCUT2D eigenvalue weighted by molar-refractivity contribution is 5.74. The highest BCUT2D eigenvalue weighted by Gasteiger charge is 1.97. The lowest BCUT2D eigenvalue weighted by Crippen LogP contribution is -1.66. The minimum absolute atomic E-state index is 0.0404. The summed E-state index contributed by atoms with van der Waals surface area (Å²) < 4.78 is 0. The first kappa shape index (κ1) is 5.22. The molecule has 0 aliphatic heterocycles. The summed E-state index contributed by atoms with van der Waals surface area (Å²) in [5, 5.41) is 20.5. The third kappa shape index (κ3) is 0.621. The third-order valence-corrected chi connectivity index (χ3v) is 1.30. The quantitative estimate of drug-likeness (QED) is 0.586. The van der Waals surface area contributed by atoms with E-state index in [4.69, 9.17) is 0 Å². The van der Waals surface area contributed by atoms with Crippen LogP contribution in [0.5, 0.6) is 5.75 Å². The van der Waals surface area contributed by atoms with Crippen LogP contribution in [-0.4, -0.2) is 15.4 Å². The number of aromatic amines is 1. The SMILES string of the molecule is [O]c1ccc2[nH]nnc2c1. The van der Waals surface area contributed by atoms with Gasteiger partial charge in [-0.25, -0.2) is 0 Å². The van der Waals surface area contributed by atoms with Crippen molar-refractivity contribution in [1.82, 2.24) is 15.4 Å². The molecule has 1 N–H and O–H groups in total. The van der Waals surface area contributed by atoms with E-state index in [1.807, 2.05) is 0 Å². The van der Waals surface area contributed by atoms with E-state index in [0.717, 1.165) is 5.52 Å². The lowest BCUT2D eigenvalue weighted by Gasteiger charge is -1.83. The van der Waals surface area contributed by atoms with Crippen molar-refractivity contribution in [2.75, 3.05) is 0 Å². The smallest absolute Gasteiger partial charge is 0.181 e. The van der Waals surface area contributed by atoms with Gasteiger partial charge in [-0.05, 0) is 12.1 Å². The van der Waals surface area contributed by atoms with Crippen molar-refractivity contribution in [1.29, 1.82) is 0 Å². The van der Waals surface area contributed by atoms with Gasteiger partial charge in [0.1, 0.15) is 5.52 Å². The summed E-state index contributed by atoms with van der Waals surface area (Å²) in [7, 11) is 0. The normalized spacial score (nSPS) is 10.4. The van der Waals surface area contributed by atoms with Crippen molar-refractivity contribution in [2.24, 2.45) is 0 Å². The molecule has 4 nitrogen and oxygen atoms in total. The number of nitrogens with zero attached hydrogens (tertiary/aromatic N) is 2. The number of hydrogen-bond acceptors (Lipinski definition) is 2. The van der Waals surface area contributed by atoms with Crippen molar-refractivity contribution in [3.8, 4) is 5.75 Å². The van der Waals surface area contributed by atoms with Gasteiger partial charge in [0.15, 0.2) is 5.75 Å². The van der Waals surface area contributed by atoms with Crippen LogP contribution in [0.15, 0.2) is 18.2 Å². The molecule has 0 aliphatic carbocycles. The Bertz CT molecular complexity index is 355. The van der Waals surface area contributed by atoms with Gasteiger partial charge < -0.3 is 0 Å². The Morgan fingerprint density at radius 3 is 3.20 bits per heavy atom. The van der Waals surface area contributed by atoms with Crippen LogP contribution in [0.1, 0.15) is 0 Å². The third-order valence-electron chi connectivity index (χ3n) is 1.30. The van der Waals surface area contributed by atoms with Crippen molar-refractivity contribution < 1.29 is 5.11 Å². The Labute approximate surface area is 56.5 Å². The number of nitrogens with one attached hydrogen (secondary N) is 1. The van der Waals surface area contributed by atoms with Crippen molar-refractivity contribution >= 4 is 11.0 Å². The van der Waals surface area contributed by atoms with Crippen molar-refractivity contribution in [3.63, 3.8) is 0 Å². The van der Waals surface area contributed by atoms with Crippen LogP contribution in [0.3, 0.4) is 0 Å². The molecule has 0 fully saturated rings. The molecule has 1 aromatic carbocycles. The lowest BCUT2D eigenvalue weighted by atomic mass is 10.3. The number of aromatic nitrogens is 3. The maximum absolute atomic E-state index is 10.7. The van der Waals surface area contributed by atoms with Crippen LogP contribution < -0.4 is 0 Å². The second-order valence-corrected chi connectivity index (χ2v) is 1.99. The van der Waals surface area contributed by atoms with Crippen LogP contribution in [0.4, 0.5) is 0 Å². The van der Waals surface area contributed by atoms with Gasteiger partial charge in [-0.15, -0.1) is 5.10 Å². The summed E-state index contributed by atoms with van der Waals surface area (Å²) in [5.74, 6) is -0.0404. The molecule has 4 heteroatoms. The van der Waals surface area contributed by atoms with E-state index in [1.165, 1.54) is 12.1 Å². The highest BCUT2D eigenvalue weighted by atomic mass is 16.3. The van der Waals surface area contributed by atoms with Gasteiger partial charge in [-0.1, -0.05) is 5.21 Å². The van der Waals surface area contributed by atoms with Gasteiger partial charge in [0, 0.05) is 6.07 Å². The van der Waals surface area contributed by atoms with Crippen LogP contribution in [0, 0.1) is 0 Å². The monoisotopic (exact) mass is 134 g/mol. The first-order valence-corrected chi connectivity index (χ1v) is 2.84. The fraction of sp³-hybridized carbons (Fsp3) is 0. The van der Waals surface area contributed by atoms with E-state index in [1.54, 1.807) is 6.07 Å². The molecule has 2 aromatic rings. The minimum atomic E-state index is -0.0404. The number of benzene rings is 1. The minimum Gasteiger partial charge on any atom is -0.290 e. The van der Waals surface area contributed by atoms with Gasteiger partial charge in [0.25, 0.3) is 0 Å². The highest BCUT2D eigenvalue weighted by Crippen LogP contribution is 2.15. The Kier molecular flexibility index (Phi) is 0.887. The first-order valence-electron chi connectivity index (χ1n) is 2.84. The second kappa shape index (κ2) is 1.70. The number of fused-ring (bicyclic) bond motifs is 1. The summed E-state index contributed by atoms with van der Waals surface area (Å²) in [4.78, 5) is 0. The van der Waals surface area contributed by atoms with E-state index in [0.29, 0.717) is 5.52 Å². The van der Waals surface area contributed by atoms with E-state index >= 15 is 0 Å². The predicted octanol–water partition coefficient (Wildman–Crippen LogP) is 1.10. The van der Waals surface area contributed by atoms with Gasteiger partial charge in [0.2, 0.25) is 0 Å². The summed E-state index contributed by atoms with van der Waals surface area (Å²) >= 11 is 0. The molecule has 0 bridgehead atoms. The van der Waals surface area contributed by atoms with Crippen molar-refractivity contribution in [2.45, 2.75) is 0 Å². The largest absolute Gasteiger partial charge is 0.290 e. The Balaban J connectivity index is 2.86. The maximum atomic E-state index is 10.7. The molecule has 10 heavy (non-hydrogen) atoms. The van der Waals surface area contributed by atoms with Crippen LogP contribution >= 0.6 is 0 Å². The molecule has 0 saturated heterocycles. The first-order chi connectivity index (χ1) is 4.86. The number of H-pyrrole nitrogens is 1. The summed E-state index contributed by atoms with van der Waals surface area (Å²) in [6, 6.07) is 4.58. The molecule has 0 saturated carbocycles. The standard InChI is InChI=1S/C6H4N3O/c10-4-1-2-5-6(3-4)8-9-7-5/h1-3H,(H,7,8,9). The lowest BCUT2D eigenvalue weighted by molar-refractivity contribution is 0.355. The molecule has 49 valence electrons. The molecule has 2 rings (SSSR count). The molecule has 0 aliphatic rings. The van der Waals surface area contributed by atoms with Crippen LogP contribution in [-0.2, 0) is 5.11 Å². The fourth-order valence-electron chi connectivity index (χ4n) is 0.821. The molecule has 0 unspecified atom stereocenters. The van der Waals surface area contributed by atoms with Crippen LogP contribution in [0.25, 0.3) is 11.0 Å². The van der Waals surface area contributed by atoms with Gasteiger partial charge >= 0.3 is 0 Å². The molecule has 0 atom stereocenters. The zero-order valence-corrected chi connectivity index (χ0v) is 5.03. The van der Waals surface area contributed by atoms with E-state index in [9.17, 15) is 5.11 Å². The average molecular weight is 134 g/mol. The zero-order chi connectivity index (χ0) is 6.97. The van der Waals surface area contributed by atoms with E-state index < -0.39 is 0 Å². The molecule has 0 amide bonds. The molecule has 1 aromatic heterocycles. The predicted molar refractivity (Wildman–Crippen MR) is 34.0 cm³/mol. The molecular weight excluding hydrogens is 130 g/mol. The molecule has 1 heterocycles. The van der Waals surface area contributed by atoms with Crippen LogP contribution in [0.2, 0.25) is 0 Å². The number of rotatable bonds is 0. The Morgan fingerprint density at radius 1 is 1.40 bits per heavy atom. The van der Waals surface area contributed by atoms with E-state index in [2.05, 4.69) is 15.4 Å². The number of hydrogen-bond donors (Lipinski definition) is 1. The van der Waals surface area contributed by atoms with Gasteiger partial charge in [-0.2, -0.15) is 0 Å². The molecular formula is C6H4N3O. The van der Waals surface area contributed by atoms with E-state index in [-0.39, 0.29) is 5.75 Å². The summed E-state index contributed by atoms with van der Waals surface area (Å²) in [5.41, 5.74) is 1.41. The topological polar surface area (TPSA) is 61.5 Å². The van der Waals surface area contributed by atoms with Gasteiger partial charge in [0.05, 0.1) is 5.52 Å². The average Bonchev–Trinajstić information content (AvgIpc) is 2.33. The Hall–Kier alpha value is -1.58. The summed E-state index contributed by atoms with van der Waals surface area (Å²) in [6.45, 7) is 0. The molecule has 1 radical (unpaired) electrons. The summed E-state index contributed by atoms with van der Waals surface area (Å²) in [6.07, 6.45) is 0. The molecule has 0 spiro atoms. The second-order valence-electron chi connectivity index (χ2n) is 1.99. The maximum Gasteiger partial charge on any atom is 0.181 e. The zero-order valence-electron chi connectivity index (χ0n) is 5.03.